The molecule has 3 aromatic rings. The number of methoxy groups -OCH3 is 1. The second-order valence-electron chi connectivity index (χ2n) is 7.99. The average molecular weight is 465 g/mol. The lowest BCUT2D eigenvalue weighted by atomic mass is 9.97. The molecule has 1 heterocycles. The maximum absolute atomic E-state index is 12.1. The van der Waals surface area contributed by atoms with E-state index in [9.17, 15) is 9.59 Å². The Bertz CT molecular complexity index is 1140. The smallest absolute Gasteiger partial charge is 0.337 e. The number of hydrogen-bond donors (Lipinski definition) is 1. The second-order valence-corrected chi connectivity index (χ2v) is 8.42. The van der Waals surface area contributed by atoms with E-state index < -0.39 is 5.97 Å². The maximum atomic E-state index is 12.1. The van der Waals surface area contributed by atoms with Gasteiger partial charge in [-0.2, -0.15) is 0 Å². The molecule has 4 rings (SSSR count). The molecular weight excluding hydrogens is 440 g/mol. The van der Waals surface area contributed by atoms with Crippen LogP contribution in [0.15, 0.2) is 66.7 Å². The van der Waals surface area contributed by atoms with Gasteiger partial charge in [-0.3, -0.25) is 4.90 Å². The quantitative estimate of drug-likeness (QED) is 0.528. The minimum absolute atomic E-state index is 0.289. The van der Waals surface area contributed by atoms with Crippen LogP contribution in [-0.4, -0.2) is 55.2 Å². The van der Waals surface area contributed by atoms with Gasteiger partial charge >= 0.3 is 11.9 Å². The van der Waals surface area contributed by atoms with E-state index in [1.807, 2.05) is 48.5 Å². The van der Waals surface area contributed by atoms with E-state index in [0.29, 0.717) is 17.1 Å². The third kappa shape index (κ3) is 5.35. The molecule has 0 saturated carbocycles. The van der Waals surface area contributed by atoms with E-state index in [4.69, 9.17) is 21.4 Å². The van der Waals surface area contributed by atoms with E-state index in [0.717, 1.165) is 48.6 Å². The highest BCUT2D eigenvalue weighted by Crippen LogP contribution is 2.28. The summed E-state index contributed by atoms with van der Waals surface area (Å²) in [5.41, 5.74) is 5.00. The van der Waals surface area contributed by atoms with Gasteiger partial charge in [0.05, 0.1) is 18.2 Å². The Morgan fingerprint density at radius 1 is 0.909 bits per heavy atom. The van der Waals surface area contributed by atoms with Gasteiger partial charge in [0.15, 0.2) is 0 Å². The first-order chi connectivity index (χ1) is 15.9. The molecule has 0 unspecified atom stereocenters. The number of aromatic carboxylic acids is 1. The Balaban J connectivity index is 1.50. The van der Waals surface area contributed by atoms with Gasteiger partial charge in [0.2, 0.25) is 0 Å². The largest absolute Gasteiger partial charge is 0.478 e. The lowest BCUT2D eigenvalue weighted by Crippen LogP contribution is -2.46. The Labute approximate surface area is 198 Å². The summed E-state index contributed by atoms with van der Waals surface area (Å²) >= 11 is 6.07. The lowest BCUT2D eigenvalue weighted by Gasteiger charge is -2.36. The fourth-order valence-corrected chi connectivity index (χ4v) is 4.23. The number of hydrogen-bond acceptors (Lipinski definition) is 5. The van der Waals surface area contributed by atoms with Crippen molar-refractivity contribution >= 4 is 29.2 Å². The van der Waals surface area contributed by atoms with Crippen LogP contribution < -0.4 is 4.90 Å². The monoisotopic (exact) mass is 464 g/mol. The topological polar surface area (TPSA) is 70.1 Å². The number of carboxylic acid groups (broad SMARTS) is 1. The molecule has 0 spiro atoms. The molecule has 33 heavy (non-hydrogen) atoms. The van der Waals surface area contributed by atoms with Crippen molar-refractivity contribution in [2.45, 2.75) is 6.54 Å². The summed E-state index contributed by atoms with van der Waals surface area (Å²) in [5.74, 6) is -1.27. The van der Waals surface area contributed by atoms with Gasteiger partial charge in [-0.1, -0.05) is 29.8 Å². The normalized spacial score (nSPS) is 14.2. The summed E-state index contributed by atoms with van der Waals surface area (Å²) in [4.78, 5) is 27.8. The first-order valence-electron chi connectivity index (χ1n) is 10.7. The average Bonchev–Trinajstić information content (AvgIpc) is 2.84. The minimum atomic E-state index is -0.919. The van der Waals surface area contributed by atoms with Crippen molar-refractivity contribution in [3.8, 4) is 11.1 Å². The molecule has 7 heteroatoms. The van der Waals surface area contributed by atoms with Crippen LogP contribution in [0.3, 0.4) is 0 Å². The number of carbonyl (C=O) groups is 2. The van der Waals surface area contributed by atoms with E-state index in [1.165, 1.54) is 7.11 Å². The molecule has 1 fully saturated rings. The molecule has 170 valence electrons. The van der Waals surface area contributed by atoms with Gasteiger partial charge in [0.1, 0.15) is 0 Å². The number of nitrogens with zero attached hydrogens (tertiary/aromatic N) is 2. The number of carboxylic acids is 1. The van der Waals surface area contributed by atoms with Crippen molar-refractivity contribution in [1.29, 1.82) is 0 Å². The molecule has 0 aliphatic carbocycles. The molecule has 6 nitrogen and oxygen atoms in total. The van der Waals surface area contributed by atoms with E-state index in [-0.39, 0.29) is 11.5 Å². The zero-order chi connectivity index (χ0) is 23.4. The summed E-state index contributed by atoms with van der Waals surface area (Å²) in [5, 5.41) is 9.77. The lowest BCUT2D eigenvalue weighted by molar-refractivity contribution is 0.0599. The summed E-state index contributed by atoms with van der Waals surface area (Å²) < 4.78 is 4.92. The summed E-state index contributed by atoms with van der Waals surface area (Å²) in [6, 6.07) is 20.4. The second kappa shape index (κ2) is 10.1. The molecule has 3 aromatic carbocycles. The number of benzene rings is 3. The zero-order valence-electron chi connectivity index (χ0n) is 18.3. The minimum Gasteiger partial charge on any atom is -0.478 e. The molecule has 0 atom stereocenters. The van der Waals surface area contributed by atoms with Crippen LogP contribution in [0.5, 0.6) is 0 Å². The van der Waals surface area contributed by atoms with Crippen LogP contribution in [0.25, 0.3) is 11.1 Å². The van der Waals surface area contributed by atoms with Crippen LogP contribution in [0.4, 0.5) is 5.69 Å². The predicted molar refractivity (Wildman–Crippen MR) is 129 cm³/mol. The molecule has 0 amide bonds. The van der Waals surface area contributed by atoms with Crippen molar-refractivity contribution in [1.82, 2.24) is 4.90 Å². The molecular formula is C26H25ClN2O4. The Morgan fingerprint density at radius 3 is 2.15 bits per heavy atom. The fraction of sp³-hybridized carbons (Fsp3) is 0.231. The van der Waals surface area contributed by atoms with E-state index >= 15 is 0 Å². The molecule has 1 saturated heterocycles. The van der Waals surface area contributed by atoms with E-state index in [1.54, 1.807) is 18.2 Å². The van der Waals surface area contributed by atoms with Gasteiger partial charge in [0, 0.05) is 43.4 Å². The molecule has 1 aliphatic heterocycles. The van der Waals surface area contributed by atoms with Crippen molar-refractivity contribution in [2.24, 2.45) is 0 Å². The highest BCUT2D eigenvalue weighted by molar-refractivity contribution is 6.30. The Kier molecular flexibility index (Phi) is 6.96. The molecule has 0 radical (unpaired) electrons. The predicted octanol–water partition coefficient (Wildman–Crippen LogP) is 4.81. The fourth-order valence-electron chi connectivity index (χ4n) is 4.10. The number of halogens is 1. The van der Waals surface area contributed by atoms with Gasteiger partial charge in [-0.15, -0.1) is 0 Å². The number of esters is 1. The number of rotatable bonds is 6. The highest BCUT2D eigenvalue weighted by Gasteiger charge is 2.20. The first-order valence-corrected chi connectivity index (χ1v) is 11.1. The SMILES string of the molecule is COC(=O)c1ccc(-c2ccc(Cl)cc2)c(CN2CCN(c3ccc(C(=O)O)cc3)CC2)c1. The van der Waals surface area contributed by atoms with Crippen LogP contribution >= 0.6 is 11.6 Å². The maximum Gasteiger partial charge on any atom is 0.337 e. The third-order valence-electron chi connectivity index (χ3n) is 5.93. The summed E-state index contributed by atoms with van der Waals surface area (Å²) in [6.45, 7) is 4.07. The summed E-state index contributed by atoms with van der Waals surface area (Å²) in [6.07, 6.45) is 0. The highest BCUT2D eigenvalue weighted by atomic mass is 35.5. The number of anilines is 1. The standard InChI is InChI=1S/C26H25ClN2O4/c1-33-26(32)20-6-11-24(18-2-7-22(27)8-3-18)21(16-20)17-28-12-14-29(15-13-28)23-9-4-19(5-10-23)25(30)31/h2-11,16H,12-15,17H2,1H3,(H,30,31). The third-order valence-corrected chi connectivity index (χ3v) is 6.18. The Morgan fingerprint density at radius 2 is 1.55 bits per heavy atom. The van der Waals surface area contributed by atoms with Crippen LogP contribution in [0.2, 0.25) is 5.02 Å². The van der Waals surface area contributed by atoms with E-state index in [2.05, 4.69) is 9.80 Å². The first kappa shape index (κ1) is 22.8. The number of piperazine rings is 1. The van der Waals surface area contributed by atoms with Gasteiger partial charge in [0.25, 0.3) is 0 Å². The molecule has 0 bridgehead atoms. The van der Waals surface area contributed by atoms with Gasteiger partial charge < -0.3 is 14.7 Å². The van der Waals surface area contributed by atoms with Crippen molar-refractivity contribution in [3.05, 3.63) is 88.4 Å². The van der Waals surface area contributed by atoms with Crippen molar-refractivity contribution in [3.63, 3.8) is 0 Å². The summed E-state index contributed by atoms with van der Waals surface area (Å²) in [7, 11) is 1.39. The molecule has 0 aromatic heterocycles. The van der Waals surface area contributed by atoms with Crippen LogP contribution in [-0.2, 0) is 11.3 Å². The van der Waals surface area contributed by atoms with Crippen LogP contribution in [0.1, 0.15) is 26.3 Å². The van der Waals surface area contributed by atoms with Crippen LogP contribution in [0, 0.1) is 0 Å². The zero-order valence-corrected chi connectivity index (χ0v) is 19.1. The van der Waals surface area contributed by atoms with Crippen molar-refractivity contribution < 1.29 is 19.4 Å². The van der Waals surface area contributed by atoms with Gasteiger partial charge in [-0.25, -0.2) is 9.59 Å². The Hall–Kier alpha value is -3.35. The van der Waals surface area contributed by atoms with Crippen molar-refractivity contribution in [2.75, 3.05) is 38.2 Å². The number of carbonyl (C=O) groups excluding carboxylic acids is 1. The van der Waals surface area contributed by atoms with Gasteiger partial charge in [-0.05, 0) is 65.2 Å². The molecule has 1 aliphatic rings. The molecule has 1 N–H and O–H groups in total. The number of ether oxygens (including phenoxy) is 1.